The maximum atomic E-state index is 13.7. The van der Waals surface area contributed by atoms with Gasteiger partial charge in [-0.3, -0.25) is 9.36 Å². The van der Waals surface area contributed by atoms with Crippen molar-refractivity contribution in [2.75, 3.05) is 13.7 Å². The van der Waals surface area contributed by atoms with Gasteiger partial charge >= 0.3 is 11.7 Å². The van der Waals surface area contributed by atoms with Gasteiger partial charge in [0.05, 0.1) is 42.4 Å². The maximum absolute atomic E-state index is 13.7. The van der Waals surface area contributed by atoms with Crippen molar-refractivity contribution in [3.05, 3.63) is 105 Å². The van der Waals surface area contributed by atoms with Gasteiger partial charge in [-0.1, -0.05) is 120 Å². The summed E-state index contributed by atoms with van der Waals surface area (Å²) < 4.78 is 18.9. The number of methoxy groups -OCH3 is 1. The van der Waals surface area contributed by atoms with Crippen molar-refractivity contribution in [2.45, 2.75) is 90.5 Å². The first-order chi connectivity index (χ1) is 24.4. The summed E-state index contributed by atoms with van der Waals surface area (Å²) in [5.74, 6) is -2.22. The normalized spacial score (nSPS) is 11.2. The average Bonchev–Trinajstić information content (AvgIpc) is 3.43. The topological polar surface area (TPSA) is 126 Å². The fourth-order valence-corrected chi connectivity index (χ4v) is 6.16. The van der Waals surface area contributed by atoms with Crippen molar-refractivity contribution in [2.24, 2.45) is 0 Å². The highest BCUT2D eigenvalue weighted by Gasteiger charge is 2.27. The van der Waals surface area contributed by atoms with Gasteiger partial charge in [0, 0.05) is 0 Å². The summed E-state index contributed by atoms with van der Waals surface area (Å²) >= 11 is 0. The molecule has 0 fully saturated rings. The maximum Gasteiger partial charge on any atom is 0.427 e. The van der Waals surface area contributed by atoms with Crippen LogP contribution in [0.3, 0.4) is 0 Å². The number of unbranched alkanes of at least 4 members (excludes halogenated alkanes) is 11. The number of hydrogen-bond acceptors (Lipinski definition) is 8. The van der Waals surface area contributed by atoms with Crippen LogP contribution in [0, 0.1) is 0 Å². The molecule has 0 spiro atoms. The molecule has 0 amide bonds. The standard InChI is InChI=1S/C40H47N3O7/c1-3-4-5-6-7-8-9-10-11-12-13-19-26-49-39(46)30-24-25-34(48-2)33(27-30)43-38(45)35(50-40(43)47)36-41-32-23-18-17-22-31(32)37(44)42(36)28-29-20-15-14-16-21-29/h14-18,20-25,27,45H,3-13,19,26,28H2,1-2H3. The van der Waals surface area contributed by atoms with Crippen molar-refractivity contribution in [3.8, 4) is 28.9 Å². The summed E-state index contributed by atoms with van der Waals surface area (Å²) in [6, 6.07) is 20.6. The fraction of sp³-hybridized carbons (Fsp3) is 0.400. The number of carbonyl (C=O) groups excluding carboxylic acids is 1. The second kappa shape index (κ2) is 18.0. The van der Waals surface area contributed by atoms with E-state index in [1.165, 1.54) is 81.6 Å². The molecule has 0 aliphatic carbocycles. The molecule has 0 unspecified atom stereocenters. The van der Waals surface area contributed by atoms with Gasteiger partial charge in [-0.25, -0.2) is 19.1 Å². The smallest absolute Gasteiger partial charge is 0.427 e. The molecule has 2 heterocycles. The van der Waals surface area contributed by atoms with Gasteiger partial charge in [-0.15, -0.1) is 0 Å². The van der Waals surface area contributed by atoms with Crippen molar-refractivity contribution in [1.82, 2.24) is 14.1 Å². The molecule has 0 bridgehead atoms. The molecule has 0 aliphatic heterocycles. The van der Waals surface area contributed by atoms with Crippen molar-refractivity contribution in [1.29, 1.82) is 0 Å². The lowest BCUT2D eigenvalue weighted by molar-refractivity contribution is 0.0497. The first-order valence-corrected chi connectivity index (χ1v) is 17.8. The van der Waals surface area contributed by atoms with Crippen LogP contribution in [0.1, 0.15) is 99.9 Å². The van der Waals surface area contributed by atoms with Gasteiger partial charge in [0.25, 0.3) is 5.56 Å². The second-order valence-corrected chi connectivity index (χ2v) is 12.6. The molecule has 0 aliphatic rings. The Morgan fingerprint density at radius 1 is 0.820 bits per heavy atom. The second-order valence-electron chi connectivity index (χ2n) is 12.6. The van der Waals surface area contributed by atoms with E-state index in [9.17, 15) is 19.5 Å². The summed E-state index contributed by atoms with van der Waals surface area (Å²) in [5, 5.41) is 11.9. The third kappa shape index (κ3) is 8.91. The van der Waals surface area contributed by atoms with Crippen LogP contribution >= 0.6 is 0 Å². The third-order valence-corrected chi connectivity index (χ3v) is 8.92. The number of benzene rings is 3. The van der Waals surface area contributed by atoms with E-state index in [0.717, 1.165) is 29.4 Å². The minimum absolute atomic E-state index is 0.0251. The van der Waals surface area contributed by atoms with Gasteiger partial charge < -0.3 is 19.0 Å². The number of esters is 1. The molecule has 2 aromatic heterocycles. The minimum atomic E-state index is -0.952. The molecular weight excluding hydrogens is 634 g/mol. The van der Waals surface area contributed by atoms with E-state index in [-0.39, 0.29) is 47.3 Å². The Hall–Kier alpha value is -5.12. The zero-order valence-corrected chi connectivity index (χ0v) is 29.1. The Morgan fingerprint density at radius 2 is 1.46 bits per heavy atom. The van der Waals surface area contributed by atoms with Crippen LogP contribution in [0.15, 0.2) is 86.8 Å². The molecular formula is C40H47N3O7. The van der Waals surface area contributed by atoms with Gasteiger partial charge in [0.1, 0.15) is 5.75 Å². The summed E-state index contributed by atoms with van der Waals surface area (Å²) in [6.45, 7) is 2.64. The Labute approximate surface area is 292 Å². The molecule has 0 radical (unpaired) electrons. The Balaban J connectivity index is 1.29. The first kappa shape index (κ1) is 36.2. The van der Waals surface area contributed by atoms with Gasteiger partial charge in [0.2, 0.25) is 11.6 Å². The summed E-state index contributed by atoms with van der Waals surface area (Å²) in [7, 11) is 1.41. The number of rotatable bonds is 19. The molecule has 1 N–H and O–H groups in total. The Morgan fingerprint density at radius 3 is 2.14 bits per heavy atom. The molecule has 10 heteroatoms. The molecule has 10 nitrogen and oxygen atoms in total. The molecule has 3 aromatic carbocycles. The highest BCUT2D eigenvalue weighted by molar-refractivity contribution is 5.90. The fourth-order valence-electron chi connectivity index (χ4n) is 6.16. The number of ether oxygens (including phenoxy) is 2. The van der Waals surface area contributed by atoms with Crippen LogP contribution in [0.2, 0.25) is 0 Å². The summed E-state index contributed by atoms with van der Waals surface area (Å²) in [4.78, 5) is 44.7. The van der Waals surface area contributed by atoms with E-state index >= 15 is 0 Å². The quantitative estimate of drug-likeness (QED) is 0.0680. The molecule has 264 valence electrons. The Bertz CT molecular complexity index is 1980. The number of aromatic hydroxyl groups is 1. The first-order valence-electron chi connectivity index (χ1n) is 17.8. The van der Waals surface area contributed by atoms with Crippen LogP contribution in [-0.4, -0.2) is 38.9 Å². The number of para-hydroxylation sites is 1. The Kier molecular flexibility index (Phi) is 13.0. The highest BCUT2D eigenvalue weighted by atomic mass is 16.5. The van der Waals surface area contributed by atoms with E-state index in [2.05, 4.69) is 11.9 Å². The number of hydrogen-bond donors (Lipinski definition) is 1. The van der Waals surface area contributed by atoms with Crippen LogP contribution in [0.25, 0.3) is 28.2 Å². The van der Waals surface area contributed by atoms with E-state index in [1.54, 1.807) is 30.3 Å². The van der Waals surface area contributed by atoms with Crippen LogP contribution in [0.4, 0.5) is 0 Å². The molecule has 0 saturated heterocycles. The van der Waals surface area contributed by atoms with Gasteiger partial charge in [-0.05, 0) is 42.3 Å². The molecule has 50 heavy (non-hydrogen) atoms. The summed E-state index contributed by atoms with van der Waals surface area (Å²) in [5.41, 5.74) is 1.08. The van der Waals surface area contributed by atoms with E-state index in [4.69, 9.17) is 13.9 Å². The van der Waals surface area contributed by atoms with E-state index in [1.807, 2.05) is 30.3 Å². The predicted octanol–water partition coefficient (Wildman–Crippen LogP) is 8.43. The zero-order chi connectivity index (χ0) is 35.3. The third-order valence-electron chi connectivity index (χ3n) is 8.92. The summed E-state index contributed by atoms with van der Waals surface area (Å²) in [6.07, 6.45) is 14.5. The zero-order valence-electron chi connectivity index (χ0n) is 29.1. The van der Waals surface area contributed by atoms with Crippen LogP contribution in [-0.2, 0) is 11.3 Å². The number of aromatic nitrogens is 3. The molecule has 5 rings (SSSR count). The van der Waals surface area contributed by atoms with Crippen LogP contribution in [0.5, 0.6) is 11.6 Å². The number of carbonyl (C=O) groups is 1. The highest BCUT2D eigenvalue weighted by Crippen LogP contribution is 2.33. The molecule has 0 atom stereocenters. The van der Waals surface area contributed by atoms with E-state index in [0.29, 0.717) is 10.9 Å². The molecule has 0 saturated carbocycles. The lowest BCUT2D eigenvalue weighted by atomic mass is 10.1. The lowest BCUT2D eigenvalue weighted by Gasteiger charge is -2.13. The number of nitrogens with zero attached hydrogens (tertiary/aromatic N) is 3. The van der Waals surface area contributed by atoms with Gasteiger partial charge in [-0.2, -0.15) is 0 Å². The largest absolute Gasteiger partial charge is 0.495 e. The van der Waals surface area contributed by atoms with Crippen molar-refractivity contribution >= 4 is 16.9 Å². The minimum Gasteiger partial charge on any atom is -0.495 e. The lowest BCUT2D eigenvalue weighted by Crippen LogP contribution is -2.24. The monoisotopic (exact) mass is 681 g/mol. The number of oxazole rings is 1. The van der Waals surface area contributed by atoms with Crippen molar-refractivity contribution < 1.29 is 23.8 Å². The van der Waals surface area contributed by atoms with Crippen LogP contribution < -0.4 is 16.1 Å². The van der Waals surface area contributed by atoms with Gasteiger partial charge in [0.15, 0.2) is 5.82 Å². The molecule has 5 aromatic rings. The SMILES string of the molecule is CCCCCCCCCCCCCCOC(=O)c1ccc(OC)c(-n2c(O)c(-c3nc4ccccc4c(=O)n3Cc3ccccc3)oc2=O)c1. The van der Waals surface area contributed by atoms with Crippen molar-refractivity contribution in [3.63, 3.8) is 0 Å². The average molecular weight is 682 g/mol. The van der Waals surface area contributed by atoms with E-state index < -0.39 is 17.6 Å². The predicted molar refractivity (Wildman–Crippen MR) is 194 cm³/mol. The number of fused-ring (bicyclic) bond motifs is 1.